The maximum Gasteiger partial charge on any atom is 1.00 e. The molecule has 560 valence electrons. The van der Waals surface area contributed by atoms with Crippen molar-refractivity contribution in [3.05, 3.63) is 27.6 Å². The number of hydrogen-bond donors (Lipinski definition) is 6. The van der Waals surface area contributed by atoms with E-state index in [-0.39, 0.29) is 56.8 Å². The molecule has 4 heterocycles. The summed E-state index contributed by atoms with van der Waals surface area (Å²) in [6.45, 7) is 3.03. The van der Waals surface area contributed by atoms with Crippen LogP contribution in [0, 0.1) is 40.9 Å². The standard InChI is InChI=1S/C21H33N3.C11H18N2O.C11H21NO.C10H19NO.C10H18O.C3H9O.CH2Cl2.CH4O.BF3.FH.N3.Na.H2O4S/c1-2-4-6-8-19-22-23-20(24(19)9-7-5-3-1)21-13-16-10-17(14-21)12-18(11-16)15-21;12-13-10(14)11-4-7-1-8(5-11)3-9(2-7)6-11;1-13-11-9-7-5-3-2-4-6-8-10-12-11;12-10-8-6-4-2-1-3-5-7-9-11-10;11-10-8-6-4-2-1-3-5-7-9-10;1-4(2)3;2-1-3;1-2;2-1(3)4;;1-3-2;;1-5(2,3)4/h16-18H,1-15H2;7-9H,1-6,12H2,(H,13,14);2-10H2,1H3;1-9H2,(H,11,12);1-9H2;1-3H3;1H2;2H,1H3;;1H;;;(H2,1,2,3,4)/q;;;;;+1;;;;;-1;+1;/p-1. The van der Waals surface area contributed by atoms with Gasteiger partial charge in [-0.1, -0.05) is 128 Å². The second-order valence-electron chi connectivity index (χ2n) is 28.1. The quantitative estimate of drug-likeness (QED) is 0.0138. The molecule has 20 nitrogen and oxygen atoms in total. The third-order valence-electron chi connectivity index (χ3n) is 19.7. The molecule has 29 heteroatoms. The number of nitrogens with zero attached hydrogens (tertiary/aromatic N) is 7. The number of ether oxygens (including phenoxy) is 1. The molecule has 10 fully saturated rings. The van der Waals surface area contributed by atoms with Crippen LogP contribution in [0.3, 0.4) is 0 Å². The van der Waals surface area contributed by atoms with Crippen LogP contribution in [-0.4, -0.2) is 122 Å². The van der Waals surface area contributed by atoms with Crippen molar-refractivity contribution >= 4 is 64.6 Å². The first-order valence-electron chi connectivity index (χ1n) is 36.0. The number of aromatic nitrogens is 3. The zero-order valence-corrected chi connectivity index (χ0v) is 64.6. The number of carbonyl (C=O) groups is 3. The average Bonchev–Trinajstić information content (AvgIpc) is 1.70. The van der Waals surface area contributed by atoms with Gasteiger partial charge in [-0.25, -0.2) is 5.84 Å². The van der Waals surface area contributed by atoms with Gasteiger partial charge in [0.05, 0.1) is 17.9 Å². The summed E-state index contributed by atoms with van der Waals surface area (Å²) in [7, 11) is 0.151. The summed E-state index contributed by atoms with van der Waals surface area (Å²) in [4.78, 5) is 40.0. The molecular formula is C68H126BCl2F4N10NaO10S. The number of amides is 2. The summed E-state index contributed by atoms with van der Waals surface area (Å²) in [5.74, 6) is 15.3. The van der Waals surface area contributed by atoms with Gasteiger partial charge in [0.15, 0.2) is 5.90 Å². The number of nitrogens with one attached hydrogen (secondary N) is 2. The van der Waals surface area contributed by atoms with E-state index in [2.05, 4.69) is 24.7 Å². The van der Waals surface area contributed by atoms with Crippen molar-refractivity contribution in [2.45, 2.75) is 301 Å². The molecule has 9 aliphatic carbocycles. The molecule has 3 aliphatic heterocycles. The van der Waals surface area contributed by atoms with Crippen molar-refractivity contribution in [1.82, 2.24) is 25.5 Å². The largest absolute Gasteiger partial charge is 1.00 e. The number of Topliss-reactive ketones (excluding diaryl/α,β-unsaturated/α-hetero) is 1. The normalized spacial score (nSPS) is 26.7. The van der Waals surface area contributed by atoms with Gasteiger partial charge in [0.2, 0.25) is 11.8 Å². The van der Waals surface area contributed by atoms with Crippen LogP contribution in [0.1, 0.15) is 294 Å². The maximum absolute atomic E-state index is 11.8. The number of carbonyl (C=O) groups excluding carboxylic acids is 3. The van der Waals surface area contributed by atoms with Crippen molar-refractivity contribution in [2.24, 2.45) is 51.8 Å². The van der Waals surface area contributed by atoms with Gasteiger partial charge in [-0.3, -0.25) is 51.8 Å². The number of aliphatic hydroxyl groups is 1. The van der Waals surface area contributed by atoms with Gasteiger partial charge in [0, 0.05) is 64.3 Å². The van der Waals surface area contributed by atoms with Crippen molar-refractivity contribution in [3.8, 4) is 0 Å². The van der Waals surface area contributed by atoms with Crippen LogP contribution in [0.25, 0.3) is 16.0 Å². The van der Waals surface area contributed by atoms with Gasteiger partial charge in [-0.2, -0.15) is 8.42 Å². The Bertz CT molecular complexity index is 2240. The molecule has 1 aromatic heterocycles. The Kier molecular flexibility index (Phi) is 58.9. The fourth-order valence-electron chi connectivity index (χ4n) is 16.5. The first-order chi connectivity index (χ1) is 45.6. The molecule has 0 atom stereocenters. The number of aryl methyl sites for hydroxylation is 1. The second kappa shape index (κ2) is 59.1. The second-order valence-corrected chi connectivity index (χ2v) is 29.8. The topological polar surface area (TPSA) is 310 Å². The van der Waals surface area contributed by atoms with Gasteiger partial charge in [-0.05, 0) is 164 Å². The minimum absolute atomic E-state index is 0. The van der Waals surface area contributed by atoms with Crippen LogP contribution in [0.5, 0.6) is 0 Å². The molecule has 0 spiro atoms. The zero-order chi connectivity index (χ0) is 70.8. The van der Waals surface area contributed by atoms with Crippen molar-refractivity contribution < 1.29 is 93.3 Å². The number of fused-ring (bicyclic) bond motifs is 1. The average molecular weight is 1460 g/mol. The molecule has 0 aromatic carbocycles. The number of methoxy groups -OCH3 is 1. The molecule has 12 aliphatic rings. The minimum Gasteiger partial charge on any atom is -1.00 e. The monoisotopic (exact) mass is 1450 g/mol. The molecule has 8 bridgehead atoms. The first-order valence-corrected chi connectivity index (χ1v) is 38.5. The number of halogens is 6. The Morgan fingerprint density at radius 3 is 1.34 bits per heavy atom. The van der Waals surface area contributed by atoms with E-state index < -0.39 is 17.9 Å². The summed E-state index contributed by atoms with van der Waals surface area (Å²) >= 11 is 9.53. The molecule has 9 saturated carbocycles. The predicted octanol–water partition coefficient (Wildman–Crippen LogP) is 11.3. The van der Waals surface area contributed by atoms with Crippen molar-refractivity contribution in [1.29, 1.82) is 0 Å². The summed E-state index contributed by atoms with van der Waals surface area (Å²) in [5.41, 5.74) is 16.2. The summed E-state index contributed by atoms with van der Waals surface area (Å²) in [5, 5.41) is 19.7. The Hall–Kier alpha value is -2.36. The van der Waals surface area contributed by atoms with Crippen molar-refractivity contribution in [3.63, 3.8) is 0 Å². The smallest absolute Gasteiger partial charge is 1.00 e. The maximum atomic E-state index is 11.8. The molecular weight excluding hydrogens is 1330 g/mol. The van der Waals surface area contributed by atoms with Crippen LogP contribution in [0.2, 0.25) is 0 Å². The number of aliphatic imine (C=N–C) groups is 1. The number of aliphatic hydroxyl groups excluding tert-OH is 1. The minimum atomic E-state index is -4.67. The van der Waals surface area contributed by atoms with E-state index in [0.717, 1.165) is 139 Å². The molecule has 0 unspecified atom stereocenters. The molecule has 1 aromatic rings. The van der Waals surface area contributed by atoms with Crippen LogP contribution in [-0.2, 0) is 52.3 Å². The molecule has 0 radical (unpaired) electrons. The SMILES string of the molecule is C1CCCCc2nnc(C34CC5CC(CC(C5)C3)C4)n2CCCC1.CO.COC1=NCCCCCCCCC1.C[O+](C)C.ClCCl.FB(F)F.NNC(=O)C12CC3CC(CC(C3)C1)C2.O=C1CCCCCCCCC1.O=C1CCCCCCCCCN1.O=S(=O)(O)O.[F-].[N-]=[N+]=[N-].[Na+]. The fourth-order valence-corrected chi connectivity index (χ4v) is 16.5. The molecule has 2 amide bonds. The van der Waals surface area contributed by atoms with E-state index in [1.807, 2.05) is 21.3 Å². The van der Waals surface area contributed by atoms with Crippen LogP contribution in [0.15, 0.2) is 4.99 Å². The van der Waals surface area contributed by atoms with Gasteiger partial charge >= 0.3 is 47.5 Å². The Morgan fingerprint density at radius 2 is 0.959 bits per heavy atom. The molecule has 13 rings (SSSR count). The zero-order valence-electron chi connectivity index (χ0n) is 60.3. The van der Waals surface area contributed by atoms with E-state index in [9.17, 15) is 27.3 Å². The van der Waals surface area contributed by atoms with E-state index >= 15 is 0 Å². The third kappa shape index (κ3) is 46.1. The first kappa shape index (κ1) is 96.7. The van der Waals surface area contributed by atoms with E-state index in [1.165, 1.54) is 235 Å². The van der Waals surface area contributed by atoms with Gasteiger partial charge < -0.3 is 39.9 Å². The Labute approximate surface area is 613 Å². The van der Waals surface area contributed by atoms with Gasteiger partial charge in [0.25, 0.3) is 0 Å². The predicted molar refractivity (Wildman–Crippen MR) is 378 cm³/mol. The van der Waals surface area contributed by atoms with Crippen LogP contribution < -0.4 is 50.8 Å². The number of hydrogen-bond acceptors (Lipinski definition) is 11. The van der Waals surface area contributed by atoms with E-state index in [4.69, 9.17) is 77.7 Å². The van der Waals surface area contributed by atoms with Gasteiger partial charge in [0.1, 0.15) is 38.8 Å². The molecule has 97 heavy (non-hydrogen) atoms. The summed E-state index contributed by atoms with van der Waals surface area (Å²) < 4.78 is 71.0. The molecule has 7 N–H and O–H groups in total. The van der Waals surface area contributed by atoms with E-state index in [1.54, 1.807) is 7.11 Å². The van der Waals surface area contributed by atoms with Crippen LogP contribution >= 0.6 is 23.2 Å². The van der Waals surface area contributed by atoms with Crippen LogP contribution in [0.4, 0.5) is 12.9 Å². The van der Waals surface area contributed by atoms with E-state index in [0.29, 0.717) is 11.2 Å². The number of rotatable bonds is 2. The fraction of sp³-hybridized carbons (Fsp3) is 0.912. The summed E-state index contributed by atoms with van der Waals surface area (Å²) in [6, 6.07) is 0. The Balaban J connectivity index is 0. The molecule has 1 saturated heterocycles. The number of nitrogens with two attached hydrogens (primary N) is 1. The van der Waals surface area contributed by atoms with Crippen molar-refractivity contribution in [2.75, 3.05) is 54.0 Å². The number of ketones is 1. The number of hydrazine groups is 1. The Morgan fingerprint density at radius 1 is 0.639 bits per heavy atom. The van der Waals surface area contributed by atoms with Gasteiger partial charge in [-0.15, -0.1) is 33.4 Å². The third-order valence-corrected chi connectivity index (χ3v) is 19.7. The number of alkyl halides is 2. The summed E-state index contributed by atoms with van der Waals surface area (Å²) in [6.07, 6.45) is 57.4.